The van der Waals surface area contributed by atoms with Crippen molar-refractivity contribution in [2.45, 2.75) is 13.2 Å². The molecular formula is C18H17N3O4. The predicted molar refractivity (Wildman–Crippen MR) is 89.8 cm³/mol. The van der Waals surface area contributed by atoms with Gasteiger partial charge in [-0.25, -0.2) is 4.79 Å². The van der Waals surface area contributed by atoms with Gasteiger partial charge >= 0.3 is 6.09 Å². The van der Waals surface area contributed by atoms with Gasteiger partial charge in [-0.05, 0) is 29.8 Å². The van der Waals surface area contributed by atoms with Gasteiger partial charge in [-0.2, -0.15) is 4.98 Å². The number of hydrogen-bond acceptors (Lipinski definition) is 6. The van der Waals surface area contributed by atoms with E-state index in [2.05, 4.69) is 15.5 Å². The van der Waals surface area contributed by atoms with Crippen LogP contribution in [0.2, 0.25) is 0 Å². The molecule has 2 aromatic carbocycles. The summed E-state index contributed by atoms with van der Waals surface area (Å²) in [6.07, 6.45) is -0.548. The van der Waals surface area contributed by atoms with Crippen molar-refractivity contribution in [1.82, 2.24) is 15.5 Å². The zero-order valence-electron chi connectivity index (χ0n) is 13.6. The van der Waals surface area contributed by atoms with E-state index in [1.54, 1.807) is 7.11 Å². The smallest absolute Gasteiger partial charge is 0.407 e. The molecule has 0 unspecified atom stereocenters. The number of methoxy groups -OCH3 is 1. The molecule has 3 aromatic rings. The van der Waals surface area contributed by atoms with E-state index in [1.807, 2.05) is 54.6 Å². The third kappa shape index (κ3) is 4.57. The predicted octanol–water partition coefficient (Wildman–Crippen LogP) is 3.17. The molecular weight excluding hydrogens is 322 g/mol. The third-order valence-corrected chi connectivity index (χ3v) is 3.41. The first-order chi connectivity index (χ1) is 12.2. The van der Waals surface area contributed by atoms with Crippen molar-refractivity contribution in [3.8, 4) is 17.1 Å². The number of benzene rings is 2. The highest BCUT2D eigenvalue weighted by Gasteiger charge is 2.10. The van der Waals surface area contributed by atoms with Crippen LogP contribution in [0.3, 0.4) is 0 Å². The number of nitrogens with zero attached hydrogens (tertiary/aromatic N) is 2. The van der Waals surface area contributed by atoms with E-state index in [0.717, 1.165) is 16.9 Å². The number of hydrogen-bond donors (Lipinski definition) is 1. The van der Waals surface area contributed by atoms with Gasteiger partial charge in [0.15, 0.2) is 0 Å². The minimum atomic E-state index is -0.548. The van der Waals surface area contributed by atoms with Crippen LogP contribution in [0, 0.1) is 0 Å². The van der Waals surface area contributed by atoms with Crippen molar-refractivity contribution < 1.29 is 18.8 Å². The highest BCUT2D eigenvalue weighted by atomic mass is 16.5. The minimum Gasteiger partial charge on any atom is -0.497 e. The Morgan fingerprint density at radius 1 is 1.12 bits per heavy atom. The van der Waals surface area contributed by atoms with Gasteiger partial charge < -0.3 is 19.3 Å². The molecule has 3 rings (SSSR count). The molecule has 128 valence electrons. The quantitative estimate of drug-likeness (QED) is 0.742. The van der Waals surface area contributed by atoms with Crippen LogP contribution in [0.4, 0.5) is 4.79 Å². The SMILES string of the molecule is COc1ccc(-c2noc(CNC(=O)OCc3ccccc3)n2)cc1. The molecule has 0 bridgehead atoms. The van der Waals surface area contributed by atoms with Crippen LogP contribution >= 0.6 is 0 Å². The third-order valence-electron chi connectivity index (χ3n) is 3.41. The first kappa shape index (κ1) is 16.5. The molecule has 0 aliphatic carbocycles. The first-order valence-electron chi connectivity index (χ1n) is 7.66. The summed E-state index contributed by atoms with van der Waals surface area (Å²) >= 11 is 0. The number of rotatable bonds is 6. The van der Waals surface area contributed by atoms with Gasteiger partial charge in [0, 0.05) is 5.56 Å². The van der Waals surface area contributed by atoms with Crippen molar-refractivity contribution in [1.29, 1.82) is 0 Å². The Kier molecular flexibility index (Phi) is 5.26. The second-order valence-corrected chi connectivity index (χ2v) is 5.16. The largest absolute Gasteiger partial charge is 0.497 e. The summed E-state index contributed by atoms with van der Waals surface area (Å²) in [5, 5.41) is 6.47. The van der Waals surface area contributed by atoms with Crippen LogP contribution in [0.1, 0.15) is 11.5 Å². The van der Waals surface area contributed by atoms with E-state index in [0.29, 0.717) is 11.7 Å². The molecule has 0 fully saturated rings. The molecule has 0 saturated heterocycles. The standard InChI is InChI=1S/C18H17N3O4/c1-23-15-9-7-14(8-10-15)17-20-16(25-21-17)11-19-18(22)24-12-13-5-3-2-4-6-13/h2-10H,11-12H2,1H3,(H,19,22). The van der Waals surface area contributed by atoms with E-state index < -0.39 is 6.09 Å². The lowest BCUT2D eigenvalue weighted by atomic mass is 10.2. The van der Waals surface area contributed by atoms with Gasteiger partial charge in [0.25, 0.3) is 0 Å². The number of carbonyl (C=O) groups is 1. The molecule has 1 amide bonds. The zero-order chi connectivity index (χ0) is 17.5. The second-order valence-electron chi connectivity index (χ2n) is 5.16. The highest BCUT2D eigenvalue weighted by Crippen LogP contribution is 2.19. The van der Waals surface area contributed by atoms with Crippen LogP contribution < -0.4 is 10.1 Å². The summed E-state index contributed by atoms with van der Waals surface area (Å²) in [5.74, 6) is 1.48. The minimum absolute atomic E-state index is 0.0940. The van der Waals surface area contributed by atoms with E-state index >= 15 is 0 Å². The van der Waals surface area contributed by atoms with Crippen molar-refractivity contribution in [3.63, 3.8) is 0 Å². The summed E-state index contributed by atoms with van der Waals surface area (Å²) in [6.45, 7) is 0.296. The van der Waals surface area contributed by atoms with E-state index in [4.69, 9.17) is 14.0 Å². The fourth-order valence-electron chi connectivity index (χ4n) is 2.11. The van der Waals surface area contributed by atoms with Crippen LogP contribution in [-0.4, -0.2) is 23.3 Å². The molecule has 1 aromatic heterocycles. The number of alkyl carbamates (subject to hydrolysis) is 1. The molecule has 0 aliphatic rings. The average Bonchev–Trinajstić information content (AvgIpc) is 3.14. The zero-order valence-corrected chi connectivity index (χ0v) is 13.6. The summed E-state index contributed by atoms with van der Waals surface area (Å²) < 4.78 is 15.3. The number of aromatic nitrogens is 2. The lowest BCUT2D eigenvalue weighted by Crippen LogP contribution is -2.23. The van der Waals surface area contributed by atoms with Crippen LogP contribution in [-0.2, 0) is 17.9 Å². The molecule has 0 saturated carbocycles. The average molecular weight is 339 g/mol. The monoisotopic (exact) mass is 339 g/mol. The van der Waals surface area contributed by atoms with Gasteiger partial charge in [-0.3, -0.25) is 0 Å². The van der Waals surface area contributed by atoms with Gasteiger partial charge in [0.2, 0.25) is 11.7 Å². The summed E-state index contributed by atoms with van der Waals surface area (Å²) in [5.41, 5.74) is 1.71. The van der Waals surface area contributed by atoms with Crippen molar-refractivity contribution in [2.75, 3.05) is 7.11 Å². The number of ether oxygens (including phenoxy) is 2. The lowest BCUT2D eigenvalue weighted by Gasteiger charge is -2.05. The summed E-state index contributed by atoms with van der Waals surface area (Å²) in [7, 11) is 1.60. The molecule has 1 N–H and O–H groups in total. The van der Waals surface area contributed by atoms with Crippen molar-refractivity contribution in [2.24, 2.45) is 0 Å². The van der Waals surface area contributed by atoms with Crippen LogP contribution in [0.25, 0.3) is 11.4 Å². The maximum atomic E-state index is 11.7. The van der Waals surface area contributed by atoms with E-state index in [-0.39, 0.29) is 13.2 Å². The normalized spacial score (nSPS) is 10.3. The fraction of sp³-hybridized carbons (Fsp3) is 0.167. The van der Waals surface area contributed by atoms with Gasteiger partial charge in [-0.15, -0.1) is 0 Å². The Labute approximate surface area is 144 Å². The molecule has 0 aliphatic heterocycles. The Balaban J connectivity index is 1.50. The number of amides is 1. The molecule has 0 radical (unpaired) electrons. The first-order valence-corrected chi connectivity index (χ1v) is 7.66. The van der Waals surface area contributed by atoms with E-state index in [1.165, 1.54) is 0 Å². The Morgan fingerprint density at radius 3 is 2.60 bits per heavy atom. The Bertz CT molecular complexity index is 816. The maximum absolute atomic E-state index is 11.7. The maximum Gasteiger partial charge on any atom is 0.407 e. The molecule has 0 atom stereocenters. The molecule has 1 heterocycles. The topological polar surface area (TPSA) is 86.5 Å². The van der Waals surface area contributed by atoms with Gasteiger partial charge in [0.05, 0.1) is 7.11 Å². The molecule has 0 spiro atoms. The lowest BCUT2D eigenvalue weighted by molar-refractivity contribution is 0.138. The van der Waals surface area contributed by atoms with Crippen LogP contribution in [0.15, 0.2) is 59.1 Å². The van der Waals surface area contributed by atoms with Gasteiger partial charge in [-0.1, -0.05) is 35.5 Å². The number of carbonyl (C=O) groups excluding carboxylic acids is 1. The Hall–Kier alpha value is -3.35. The molecule has 7 heteroatoms. The van der Waals surface area contributed by atoms with Crippen LogP contribution in [0.5, 0.6) is 5.75 Å². The second kappa shape index (κ2) is 7.96. The molecule has 7 nitrogen and oxygen atoms in total. The fourth-order valence-corrected chi connectivity index (χ4v) is 2.11. The summed E-state index contributed by atoms with van der Waals surface area (Å²) in [6, 6.07) is 16.7. The summed E-state index contributed by atoms with van der Waals surface area (Å²) in [4.78, 5) is 15.9. The van der Waals surface area contributed by atoms with Crippen molar-refractivity contribution >= 4 is 6.09 Å². The van der Waals surface area contributed by atoms with Crippen molar-refractivity contribution in [3.05, 3.63) is 66.1 Å². The van der Waals surface area contributed by atoms with E-state index in [9.17, 15) is 4.79 Å². The Morgan fingerprint density at radius 2 is 1.88 bits per heavy atom. The number of nitrogens with one attached hydrogen (secondary N) is 1. The molecule has 25 heavy (non-hydrogen) atoms. The highest BCUT2D eigenvalue weighted by molar-refractivity contribution is 5.67. The van der Waals surface area contributed by atoms with Gasteiger partial charge in [0.1, 0.15) is 18.9 Å².